The maximum Gasteiger partial charge on any atom is 0.340 e. The maximum absolute atomic E-state index is 13.0. The van der Waals surface area contributed by atoms with Crippen molar-refractivity contribution in [2.24, 2.45) is 0 Å². The summed E-state index contributed by atoms with van der Waals surface area (Å²) in [6.45, 7) is 6.45. The monoisotopic (exact) mass is 487 g/mol. The van der Waals surface area contributed by atoms with Crippen molar-refractivity contribution in [2.45, 2.75) is 27.7 Å². The predicted molar refractivity (Wildman–Crippen MR) is 133 cm³/mol. The van der Waals surface area contributed by atoms with Gasteiger partial charge in [-0.1, -0.05) is 12.1 Å². The first-order chi connectivity index (χ1) is 17.2. The molecule has 0 spiro atoms. The van der Waals surface area contributed by atoms with Gasteiger partial charge in [0.25, 0.3) is 5.56 Å². The van der Waals surface area contributed by atoms with Gasteiger partial charge in [0, 0.05) is 5.69 Å². The Morgan fingerprint density at radius 3 is 2.33 bits per heavy atom. The molecule has 2 aromatic heterocycles. The highest BCUT2D eigenvalue weighted by molar-refractivity contribution is 6.03. The first-order valence-corrected chi connectivity index (χ1v) is 11.4. The Labute approximate surface area is 206 Å². The molecule has 0 bridgehead atoms. The highest BCUT2D eigenvalue weighted by atomic mass is 16.5. The average Bonchev–Trinajstić information content (AvgIpc) is 3.16. The number of carbonyl (C=O) groups is 3. The topological polar surface area (TPSA) is 120 Å². The Bertz CT molecular complexity index is 1550. The number of benzene rings is 2. The third kappa shape index (κ3) is 4.55. The van der Waals surface area contributed by atoms with Gasteiger partial charge >= 0.3 is 11.9 Å². The Hall–Kier alpha value is -4.53. The largest absolute Gasteiger partial charge is 0.462 e. The molecule has 0 saturated carbocycles. The van der Waals surface area contributed by atoms with Crippen LogP contribution in [0.2, 0.25) is 0 Å². The summed E-state index contributed by atoms with van der Waals surface area (Å²) in [5.74, 6) is -1.17. The van der Waals surface area contributed by atoms with Crippen molar-refractivity contribution in [3.63, 3.8) is 0 Å². The number of hydrogen-bond acceptors (Lipinski definition) is 7. The first kappa shape index (κ1) is 24.6. The van der Waals surface area contributed by atoms with Gasteiger partial charge in [-0.05, 0) is 69.7 Å². The maximum atomic E-state index is 13.0. The number of para-hydroxylation sites is 1. The Kier molecular flexibility index (Phi) is 6.82. The SMILES string of the molecule is CCOC(=O)c1c(C)[nH]c(C(=O)COC(=O)c2ccc(-n3c(C)nc4ccccc4c3=O)cc2)c1C. The highest BCUT2D eigenvalue weighted by Gasteiger charge is 2.23. The van der Waals surface area contributed by atoms with Crippen molar-refractivity contribution in [3.05, 3.63) is 92.8 Å². The minimum atomic E-state index is -0.692. The normalized spacial score (nSPS) is 10.9. The summed E-state index contributed by atoms with van der Waals surface area (Å²) in [7, 11) is 0. The van der Waals surface area contributed by atoms with Crippen LogP contribution in [0.15, 0.2) is 53.3 Å². The molecule has 0 radical (unpaired) electrons. The number of esters is 2. The Morgan fingerprint density at radius 1 is 0.944 bits per heavy atom. The number of aromatic nitrogens is 3. The van der Waals surface area contributed by atoms with E-state index < -0.39 is 24.3 Å². The quantitative estimate of drug-likeness (QED) is 0.310. The number of nitrogens with zero attached hydrogens (tertiary/aromatic N) is 2. The van der Waals surface area contributed by atoms with Crippen molar-refractivity contribution < 1.29 is 23.9 Å². The van der Waals surface area contributed by atoms with Gasteiger partial charge in [0.1, 0.15) is 5.82 Å². The first-order valence-electron chi connectivity index (χ1n) is 11.4. The number of carbonyl (C=O) groups excluding carboxylic acids is 3. The van der Waals surface area contributed by atoms with Crippen molar-refractivity contribution >= 4 is 28.6 Å². The van der Waals surface area contributed by atoms with Crippen LogP contribution in [0, 0.1) is 20.8 Å². The third-order valence-electron chi connectivity index (χ3n) is 5.83. The number of ether oxygens (including phenoxy) is 2. The summed E-state index contributed by atoms with van der Waals surface area (Å²) >= 11 is 0. The predicted octanol–water partition coefficient (Wildman–Crippen LogP) is 3.86. The van der Waals surface area contributed by atoms with Gasteiger partial charge in [-0.25, -0.2) is 14.6 Å². The van der Waals surface area contributed by atoms with Gasteiger partial charge in [-0.3, -0.25) is 14.2 Å². The van der Waals surface area contributed by atoms with Crippen molar-refractivity contribution in [1.29, 1.82) is 0 Å². The van der Waals surface area contributed by atoms with E-state index in [1.807, 2.05) is 6.07 Å². The Morgan fingerprint density at radius 2 is 1.64 bits per heavy atom. The summed E-state index contributed by atoms with van der Waals surface area (Å²) in [5, 5.41) is 0.492. The number of hydrogen-bond donors (Lipinski definition) is 1. The summed E-state index contributed by atoms with van der Waals surface area (Å²) < 4.78 is 11.7. The molecule has 9 nitrogen and oxygen atoms in total. The number of rotatable bonds is 7. The number of Topliss-reactive ketones (excluding diaryl/α,β-unsaturated/α-hetero) is 1. The van der Waals surface area contributed by atoms with E-state index in [0.29, 0.717) is 39.2 Å². The highest BCUT2D eigenvalue weighted by Crippen LogP contribution is 2.20. The van der Waals surface area contributed by atoms with E-state index in [-0.39, 0.29) is 23.4 Å². The molecule has 1 N–H and O–H groups in total. The van der Waals surface area contributed by atoms with Crippen molar-refractivity contribution in [3.8, 4) is 5.69 Å². The zero-order valence-electron chi connectivity index (χ0n) is 20.4. The second kappa shape index (κ2) is 9.99. The van der Waals surface area contributed by atoms with Gasteiger partial charge in [0.2, 0.25) is 5.78 Å². The van der Waals surface area contributed by atoms with Gasteiger partial charge in [-0.15, -0.1) is 0 Å². The van der Waals surface area contributed by atoms with Crippen molar-refractivity contribution in [1.82, 2.24) is 14.5 Å². The smallest absolute Gasteiger partial charge is 0.340 e. The summed E-state index contributed by atoms with van der Waals surface area (Å²) in [6, 6.07) is 13.4. The zero-order chi connectivity index (χ0) is 26.0. The molecule has 4 aromatic rings. The lowest BCUT2D eigenvalue weighted by Gasteiger charge is -2.11. The van der Waals surface area contributed by atoms with E-state index in [1.54, 1.807) is 58.0 Å². The molecule has 184 valence electrons. The molecule has 2 aromatic carbocycles. The standard InChI is InChI=1S/C27H25N3O6/c1-5-35-27(34)23-15(2)24(28-16(23)3)22(31)14-36-26(33)18-10-12-19(13-11-18)30-17(4)29-21-9-7-6-8-20(21)25(30)32/h6-13,28H,5,14H2,1-4H3. The van der Waals surface area contributed by atoms with Crippen LogP contribution in [0.4, 0.5) is 0 Å². The van der Waals surface area contributed by atoms with E-state index in [9.17, 15) is 19.2 Å². The molecule has 0 aliphatic carbocycles. The fraction of sp³-hybridized carbons (Fsp3) is 0.222. The molecule has 0 saturated heterocycles. The number of aryl methyl sites for hydroxylation is 2. The molecular formula is C27H25N3O6. The zero-order valence-corrected chi connectivity index (χ0v) is 20.4. The number of nitrogens with one attached hydrogen (secondary N) is 1. The molecule has 2 heterocycles. The van der Waals surface area contributed by atoms with Crippen LogP contribution in [0.3, 0.4) is 0 Å². The van der Waals surface area contributed by atoms with Crippen LogP contribution < -0.4 is 5.56 Å². The molecule has 0 fully saturated rings. The van der Waals surface area contributed by atoms with E-state index in [2.05, 4.69) is 9.97 Å². The lowest BCUT2D eigenvalue weighted by atomic mass is 10.1. The molecule has 0 aliphatic heterocycles. The second-order valence-electron chi connectivity index (χ2n) is 8.21. The number of ketones is 1. The fourth-order valence-corrected chi connectivity index (χ4v) is 4.12. The van der Waals surface area contributed by atoms with Crippen LogP contribution in [-0.4, -0.2) is 45.5 Å². The average molecular weight is 488 g/mol. The molecule has 0 atom stereocenters. The van der Waals surface area contributed by atoms with E-state index in [0.717, 1.165) is 0 Å². The lowest BCUT2D eigenvalue weighted by Crippen LogP contribution is -2.22. The third-order valence-corrected chi connectivity index (χ3v) is 5.83. The summed E-state index contributed by atoms with van der Waals surface area (Å²) in [4.78, 5) is 57.7. The van der Waals surface area contributed by atoms with E-state index in [4.69, 9.17) is 9.47 Å². The van der Waals surface area contributed by atoms with Crippen LogP contribution in [0.5, 0.6) is 0 Å². The van der Waals surface area contributed by atoms with Crippen LogP contribution in [0.1, 0.15) is 55.2 Å². The van der Waals surface area contributed by atoms with E-state index >= 15 is 0 Å². The molecule has 9 heteroatoms. The van der Waals surface area contributed by atoms with Gasteiger partial charge in [0.05, 0.1) is 40.0 Å². The fourth-order valence-electron chi connectivity index (χ4n) is 4.12. The van der Waals surface area contributed by atoms with Crippen molar-refractivity contribution in [2.75, 3.05) is 13.2 Å². The second-order valence-corrected chi connectivity index (χ2v) is 8.21. The molecule has 0 unspecified atom stereocenters. The minimum absolute atomic E-state index is 0.192. The van der Waals surface area contributed by atoms with Crippen LogP contribution in [0.25, 0.3) is 16.6 Å². The summed E-state index contributed by atoms with van der Waals surface area (Å²) in [6.07, 6.45) is 0. The molecular weight excluding hydrogens is 462 g/mol. The number of fused-ring (bicyclic) bond motifs is 1. The van der Waals surface area contributed by atoms with E-state index in [1.165, 1.54) is 16.7 Å². The molecule has 36 heavy (non-hydrogen) atoms. The summed E-state index contributed by atoms with van der Waals surface area (Å²) in [5.41, 5.74) is 2.62. The molecule has 4 rings (SSSR count). The van der Waals surface area contributed by atoms with Crippen LogP contribution in [-0.2, 0) is 9.47 Å². The van der Waals surface area contributed by atoms with Crippen LogP contribution >= 0.6 is 0 Å². The molecule has 0 amide bonds. The molecule has 0 aliphatic rings. The van der Waals surface area contributed by atoms with Gasteiger partial charge in [0.15, 0.2) is 6.61 Å². The number of aromatic amines is 1. The van der Waals surface area contributed by atoms with Gasteiger partial charge < -0.3 is 14.5 Å². The van der Waals surface area contributed by atoms with Gasteiger partial charge in [-0.2, -0.15) is 0 Å². The number of H-pyrrole nitrogens is 1. The minimum Gasteiger partial charge on any atom is -0.462 e. The lowest BCUT2D eigenvalue weighted by molar-refractivity contribution is 0.0472. The Balaban J connectivity index is 1.49.